The number of aromatic nitrogens is 2. The second-order valence-corrected chi connectivity index (χ2v) is 6.04. The third-order valence-electron chi connectivity index (χ3n) is 3.56. The van der Waals surface area contributed by atoms with Crippen LogP contribution in [0.4, 0.5) is 9.80 Å². The molecule has 0 bridgehead atoms. The zero-order valence-corrected chi connectivity index (χ0v) is 13.6. The Balaban J connectivity index is 1.49. The zero-order valence-electron chi connectivity index (χ0n) is 12.8. The summed E-state index contributed by atoms with van der Waals surface area (Å²) in [6.45, 7) is 1.31. The molecule has 0 aromatic carbocycles. The quantitative estimate of drug-likeness (QED) is 0.930. The van der Waals surface area contributed by atoms with Crippen LogP contribution >= 0.6 is 11.3 Å². The minimum absolute atomic E-state index is 0.0420. The number of rotatable bonds is 4. The Kier molecular flexibility index (Phi) is 4.92. The van der Waals surface area contributed by atoms with E-state index in [9.17, 15) is 4.79 Å². The number of urea groups is 1. The van der Waals surface area contributed by atoms with E-state index in [1.165, 1.54) is 18.4 Å². The van der Waals surface area contributed by atoms with Crippen molar-refractivity contribution in [1.29, 1.82) is 0 Å². The Morgan fingerprint density at radius 1 is 1.39 bits per heavy atom. The summed E-state index contributed by atoms with van der Waals surface area (Å²) in [5, 5.41) is 5.70. The maximum Gasteiger partial charge on any atom is 0.322 e. The summed E-state index contributed by atoms with van der Waals surface area (Å²) in [4.78, 5) is 22.1. The number of nitrogens with zero attached hydrogens (tertiary/aromatic N) is 3. The van der Waals surface area contributed by atoms with Crippen LogP contribution in [0.5, 0.6) is 11.9 Å². The van der Waals surface area contributed by atoms with E-state index >= 15 is 0 Å². The molecule has 2 amide bonds. The second-order valence-electron chi connectivity index (χ2n) is 5.09. The highest BCUT2D eigenvalue weighted by Crippen LogP contribution is 2.20. The normalized spacial score (nSPS) is 15.3. The summed E-state index contributed by atoms with van der Waals surface area (Å²) in [7, 11) is 1.52. The minimum atomic E-state index is -0.0606. The van der Waals surface area contributed by atoms with Crippen molar-refractivity contribution in [3.63, 3.8) is 0 Å². The number of ether oxygens (including phenoxy) is 2. The van der Waals surface area contributed by atoms with Crippen LogP contribution in [0.15, 0.2) is 29.8 Å². The number of methoxy groups -OCH3 is 1. The summed E-state index contributed by atoms with van der Waals surface area (Å²) in [5.41, 5.74) is 0. The first kappa shape index (κ1) is 15.5. The molecule has 8 heteroatoms. The number of carbonyl (C=O) groups excluding carboxylic acids is 1. The van der Waals surface area contributed by atoms with Gasteiger partial charge < -0.3 is 14.4 Å². The maximum absolute atomic E-state index is 12.2. The summed E-state index contributed by atoms with van der Waals surface area (Å²) < 4.78 is 10.8. The van der Waals surface area contributed by atoms with Crippen LogP contribution in [0, 0.1) is 0 Å². The van der Waals surface area contributed by atoms with E-state index in [0.29, 0.717) is 19.0 Å². The number of anilines is 1. The highest BCUT2D eigenvalue weighted by Gasteiger charge is 2.24. The molecule has 0 saturated carbocycles. The average Bonchev–Trinajstić information content (AvgIpc) is 3.08. The Morgan fingerprint density at radius 2 is 2.22 bits per heavy atom. The summed E-state index contributed by atoms with van der Waals surface area (Å²) >= 11 is 1.51. The Bertz CT molecular complexity index is 642. The number of hydrogen-bond donors (Lipinski definition) is 1. The topological polar surface area (TPSA) is 76.6 Å². The van der Waals surface area contributed by atoms with Gasteiger partial charge in [0.15, 0.2) is 0 Å². The summed E-state index contributed by atoms with van der Waals surface area (Å²) in [5.74, 6) is 0.498. The predicted molar refractivity (Wildman–Crippen MR) is 87.1 cm³/mol. The minimum Gasteiger partial charge on any atom is -0.474 e. The lowest BCUT2D eigenvalue weighted by atomic mass is 10.1. The van der Waals surface area contributed by atoms with E-state index in [0.717, 1.165) is 17.8 Å². The molecule has 1 aliphatic heterocycles. The number of amides is 2. The van der Waals surface area contributed by atoms with Crippen molar-refractivity contribution in [3.05, 3.63) is 29.8 Å². The van der Waals surface area contributed by atoms with Gasteiger partial charge in [-0.05, 0) is 17.5 Å². The first-order valence-corrected chi connectivity index (χ1v) is 8.25. The predicted octanol–water partition coefficient (Wildman–Crippen LogP) is 2.62. The molecule has 1 fully saturated rings. The van der Waals surface area contributed by atoms with E-state index in [1.54, 1.807) is 17.2 Å². The van der Waals surface area contributed by atoms with E-state index in [2.05, 4.69) is 15.3 Å². The van der Waals surface area contributed by atoms with Gasteiger partial charge >= 0.3 is 12.0 Å². The SMILES string of the molecule is COc1nccc(OC2CCN(C(=O)Nc3cccs3)CC2)n1. The van der Waals surface area contributed by atoms with Crippen LogP contribution in [0.3, 0.4) is 0 Å². The van der Waals surface area contributed by atoms with Crippen LogP contribution in [0.25, 0.3) is 0 Å². The van der Waals surface area contributed by atoms with Crippen LogP contribution < -0.4 is 14.8 Å². The first-order chi connectivity index (χ1) is 11.2. The monoisotopic (exact) mass is 334 g/mol. The van der Waals surface area contributed by atoms with Crippen LogP contribution in [0.2, 0.25) is 0 Å². The molecule has 0 unspecified atom stereocenters. The van der Waals surface area contributed by atoms with Gasteiger partial charge in [0, 0.05) is 38.2 Å². The molecule has 0 atom stereocenters. The van der Waals surface area contributed by atoms with Gasteiger partial charge in [0.05, 0.1) is 12.1 Å². The van der Waals surface area contributed by atoms with Gasteiger partial charge in [-0.3, -0.25) is 5.32 Å². The molecule has 3 heterocycles. The fourth-order valence-electron chi connectivity index (χ4n) is 2.37. The van der Waals surface area contributed by atoms with E-state index in [1.807, 2.05) is 17.5 Å². The number of carbonyl (C=O) groups is 1. The standard InChI is InChI=1S/C15H18N4O3S/c1-21-14-16-7-4-12(17-14)22-11-5-8-19(9-6-11)15(20)18-13-3-2-10-23-13/h2-4,7,10-11H,5-6,8-9H2,1H3,(H,18,20). The van der Waals surface area contributed by atoms with Crippen LogP contribution in [0.1, 0.15) is 12.8 Å². The molecule has 0 radical (unpaired) electrons. The molecule has 23 heavy (non-hydrogen) atoms. The average molecular weight is 334 g/mol. The molecule has 1 N–H and O–H groups in total. The van der Waals surface area contributed by atoms with Crippen molar-refractivity contribution >= 4 is 22.4 Å². The molecule has 1 saturated heterocycles. The number of likely N-dealkylation sites (tertiary alicyclic amines) is 1. The first-order valence-electron chi connectivity index (χ1n) is 7.38. The van der Waals surface area contributed by atoms with Crippen LogP contribution in [-0.4, -0.2) is 47.2 Å². The van der Waals surface area contributed by atoms with Crippen molar-refractivity contribution in [2.45, 2.75) is 18.9 Å². The molecule has 0 aliphatic carbocycles. The maximum atomic E-state index is 12.2. The Morgan fingerprint density at radius 3 is 2.91 bits per heavy atom. The van der Waals surface area contributed by atoms with Gasteiger partial charge in [0.1, 0.15) is 6.10 Å². The molecule has 7 nitrogen and oxygen atoms in total. The number of thiophene rings is 1. The lowest BCUT2D eigenvalue weighted by Crippen LogP contribution is -2.43. The van der Waals surface area contributed by atoms with E-state index in [-0.39, 0.29) is 18.1 Å². The van der Waals surface area contributed by atoms with Gasteiger partial charge in [0.25, 0.3) is 0 Å². The zero-order chi connectivity index (χ0) is 16.1. The van der Waals surface area contributed by atoms with Gasteiger partial charge in [-0.15, -0.1) is 11.3 Å². The molecular formula is C15H18N4O3S. The molecule has 1 aliphatic rings. The number of hydrogen-bond acceptors (Lipinski definition) is 6. The highest BCUT2D eigenvalue weighted by atomic mass is 32.1. The lowest BCUT2D eigenvalue weighted by Gasteiger charge is -2.31. The Labute approximate surface area is 138 Å². The number of piperidine rings is 1. The molecule has 2 aromatic rings. The largest absolute Gasteiger partial charge is 0.474 e. The molecule has 2 aromatic heterocycles. The Hall–Kier alpha value is -2.35. The second kappa shape index (κ2) is 7.28. The molecule has 3 rings (SSSR count). The van der Waals surface area contributed by atoms with Crippen molar-refractivity contribution in [2.75, 3.05) is 25.5 Å². The van der Waals surface area contributed by atoms with Gasteiger partial charge in [0.2, 0.25) is 5.88 Å². The smallest absolute Gasteiger partial charge is 0.322 e. The van der Waals surface area contributed by atoms with Gasteiger partial charge in [-0.1, -0.05) is 0 Å². The summed E-state index contributed by atoms with van der Waals surface area (Å²) in [6, 6.07) is 5.74. The van der Waals surface area contributed by atoms with E-state index in [4.69, 9.17) is 9.47 Å². The fourth-order valence-corrected chi connectivity index (χ4v) is 2.98. The van der Waals surface area contributed by atoms with Crippen molar-refractivity contribution in [3.8, 4) is 11.9 Å². The fraction of sp³-hybridized carbons (Fsp3) is 0.400. The van der Waals surface area contributed by atoms with E-state index < -0.39 is 0 Å². The summed E-state index contributed by atoms with van der Waals surface area (Å²) in [6.07, 6.45) is 3.18. The van der Waals surface area contributed by atoms with Crippen molar-refractivity contribution < 1.29 is 14.3 Å². The molecule has 122 valence electrons. The highest BCUT2D eigenvalue weighted by molar-refractivity contribution is 7.14. The van der Waals surface area contributed by atoms with Crippen molar-refractivity contribution in [2.24, 2.45) is 0 Å². The van der Waals surface area contributed by atoms with Gasteiger partial charge in [-0.2, -0.15) is 4.98 Å². The molecule has 0 spiro atoms. The van der Waals surface area contributed by atoms with Gasteiger partial charge in [-0.25, -0.2) is 9.78 Å². The molecular weight excluding hydrogens is 316 g/mol. The third-order valence-corrected chi connectivity index (χ3v) is 4.34. The lowest BCUT2D eigenvalue weighted by molar-refractivity contribution is 0.111. The third kappa shape index (κ3) is 4.10. The van der Waals surface area contributed by atoms with Crippen molar-refractivity contribution in [1.82, 2.24) is 14.9 Å². The number of nitrogens with one attached hydrogen (secondary N) is 1. The van der Waals surface area contributed by atoms with Crippen LogP contribution in [-0.2, 0) is 0 Å².